The van der Waals surface area contributed by atoms with Crippen molar-refractivity contribution in [2.24, 2.45) is 0 Å². The summed E-state index contributed by atoms with van der Waals surface area (Å²) >= 11 is 0. The summed E-state index contributed by atoms with van der Waals surface area (Å²) in [7, 11) is -0.507. The zero-order valence-electron chi connectivity index (χ0n) is 17.9. The third-order valence-electron chi connectivity index (χ3n) is 5.39. The van der Waals surface area contributed by atoms with E-state index in [0.29, 0.717) is 12.2 Å². The normalized spacial score (nSPS) is 21.6. The number of ether oxygens (including phenoxy) is 1. The summed E-state index contributed by atoms with van der Waals surface area (Å²) in [4.78, 5) is 2.53. The number of unbranched alkanes of at least 4 members (excludes halogenated alkanes) is 5. The Morgan fingerprint density at radius 3 is 2.24 bits per heavy atom. The van der Waals surface area contributed by atoms with Gasteiger partial charge < -0.3 is 4.74 Å². The molecular weight excluding hydrogens is 391 g/mol. The van der Waals surface area contributed by atoms with Gasteiger partial charge in [-0.3, -0.25) is 4.90 Å². The first-order valence-corrected chi connectivity index (χ1v) is 12.7. The average Bonchev–Trinajstić information content (AvgIpc) is 2.65. The van der Waals surface area contributed by atoms with Crippen LogP contribution in [0.15, 0.2) is 36.4 Å². The predicted octanol–water partition coefficient (Wildman–Crippen LogP) is 4.92. The van der Waals surface area contributed by atoms with E-state index in [0.717, 1.165) is 30.7 Å². The fraction of sp³-hybridized carbons (Fsp3) is 0.652. The van der Waals surface area contributed by atoms with Gasteiger partial charge in [0, 0.05) is 13.1 Å². The number of benzene rings is 1. The highest BCUT2D eigenvalue weighted by Crippen LogP contribution is 2.28. The Kier molecular flexibility index (Phi) is 10.5. The lowest BCUT2D eigenvalue weighted by molar-refractivity contribution is -0.137. The SMILES string of the molecule is CC1CN(CCCCCCCC=CC[SiH2]c2ccc(C(F)(F)F)cc2)CC(C)O1. The molecule has 0 bridgehead atoms. The van der Waals surface area contributed by atoms with Crippen molar-refractivity contribution in [1.29, 1.82) is 0 Å². The average molecular weight is 428 g/mol. The number of halogens is 3. The van der Waals surface area contributed by atoms with Gasteiger partial charge >= 0.3 is 6.18 Å². The van der Waals surface area contributed by atoms with Gasteiger partial charge in [-0.2, -0.15) is 13.2 Å². The highest BCUT2D eigenvalue weighted by molar-refractivity contribution is 6.53. The van der Waals surface area contributed by atoms with Crippen LogP contribution in [0.25, 0.3) is 0 Å². The molecule has 1 saturated heterocycles. The van der Waals surface area contributed by atoms with Gasteiger partial charge in [0.25, 0.3) is 0 Å². The van der Waals surface area contributed by atoms with Crippen molar-refractivity contribution in [3.63, 3.8) is 0 Å². The summed E-state index contributed by atoms with van der Waals surface area (Å²) in [5.74, 6) is 0. The summed E-state index contributed by atoms with van der Waals surface area (Å²) in [5.41, 5.74) is -0.556. The first-order valence-electron chi connectivity index (χ1n) is 11.0. The molecule has 1 aromatic carbocycles. The number of hydrogen-bond donors (Lipinski definition) is 0. The smallest absolute Gasteiger partial charge is 0.373 e. The van der Waals surface area contributed by atoms with Crippen LogP contribution in [0.3, 0.4) is 0 Å². The van der Waals surface area contributed by atoms with Gasteiger partial charge in [-0.1, -0.05) is 60.9 Å². The van der Waals surface area contributed by atoms with E-state index in [-0.39, 0.29) is 0 Å². The van der Waals surface area contributed by atoms with Gasteiger partial charge in [-0.25, -0.2) is 0 Å². The van der Waals surface area contributed by atoms with Crippen molar-refractivity contribution in [2.45, 2.75) is 76.8 Å². The quantitative estimate of drug-likeness (QED) is 0.282. The molecule has 29 heavy (non-hydrogen) atoms. The van der Waals surface area contributed by atoms with Gasteiger partial charge in [0.05, 0.1) is 27.3 Å². The van der Waals surface area contributed by atoms with Crippen LogP contribution < -0.4 is 5.19 Å². The summed E-state index contributed by atoms with van der Waals surface area (Å²) in [6.07, 6.45) is 8.40. The van der Waals surface area contributed by atoms with E-state index >= 15 is 0 Å². The molecule has 0 radical (unpaired) electrons. The lowest BCUT2D eigenvalue weighted by Crippen LogP contribution is -2.45. The van der Waals surface area contributed by atoms with Gasteiger partial charge in [0.2, 0.25) is 0 Å². The van der Waals surface area contributed by atoms with E-state index in [4.69, 9.17) is 4.74 Å². The highest BCUT2D eigenvalue weighted by atomic mass is 28.2. The van der Waals surface area contributed by atoms with E-state index in [1.165, 1.54) is 50.8 Å². The van der Waals surface area contributed by atoms with Crippen molar-refractivity contribution >= 4 is 14.7 Å². The number of allylic oxidation sites excluding steroid dienone is 2. The Hall–Kier alpha value is -1.11. The second kappa shape index (κ2) is 12.6. The van der Waals surface area contributed by atoms with E-state index in [1.54, 1.807) is 12.1 Å². The van der Waals surface area contributed by atoms with Crippen molar-refractivity contribution in [3.05, 3.63) is 42.0 Å². The highest BCUT2D eigenvalue weighted by Gasteiger charge is 2.29. The van der Waals surface area contributed by atoms with Crippen LogP contribution in [0.5, 0.6) is 0 Å². The molecule has 1 aliphatic heterocycles. The third kappa shape index (κ3) is 9.96. The van der Waals surface area contributed by atoms with Gasteiger partial charge in [0.1, 0.15) is 0 Å². The maximum Gasteiger partial charge on any atom is 0.416 e. The Balaban J connectivity index is 1.45. The number of morpholine rings is 1. The van der Waals surface area contributed by atoms with Crippen LogP contribution in [-0.4, -0.2) is 46.3 Å². The lowest BCUT2D eigenvalue weighted by atomic mass is 10.1. The van der Waals surface area contributed by atoms with E-state index < -0.39 is 21.3 Å². The zero-order valence-corrected chi connectivity index (χ0v) is 19.3. The Morgan fingerprint density at radius 2 is 1.59 bits per heavy atom. The largest absolute Gasteiger partial charge is 0.416 e. The minimum absolute atomic E-state index is 0.354. The monoisotopic (exact) mass is 427 g/mol. The van der Waals surface area contributed by atoms with Crippen molar-refractivity contribution in [3.8, 4) is 0 Å². The molecule has 0 aliphatic carbocycles. The maximum absolute atomic E-state index is 12.5. The maximum atomic E-state index is 12.5. The molecule has 0 saturated carbocycles. The minimum atomic E-state index is -4.24. The molecule has 0 spiro atoms. The first kappa shape index (κ1) is 24.2. The summed E-state index contributed by atoms with van der Waals surface area (Å²) < 4.78 is 43.4. The van der Waals surface area contributed by atoms with Crippen molar-refractivity contribution in [1.82, 2.24) is 4.90 Å². The van der Waals surface area contributed by atoms with E-state index in [1.807, 2.05) is 0 Å². The molecule has 1 fully saturated rings. The number of alkyl halides is 3. The van der Waals surface area contributed by atoms with Gasteiger partial charge in [-0.15, -0.1) is 0 Å². The fourth-order valence-electron chi connectivity index (χ4n) is 3.94. The summed E-state index contributed by atoms with van der Waals surface area (Å²) in [6.45, 7) is 7.62. The number of nitrogens with zero attached hydrogens (tertiary/aromatic N) is 1. The Morgan fingerprint density at radius 1 is 0.966 bits per heavy atom. The van der Waals surface area contributed by atoms with E-state index in [2.05, 4.69) is 30.9 Å². The van der Waals surface area contributed by atoms with Crippen molar-refractivity contribution < 1.29 is 17.9 Å². The Labute approximate surface area is 176 Å². The number of rotatable bonds is 11. The van der Waals surface area contributed by atoms with Crippen LogP contribution >= 0.6 is 0 Å². The standard InChI is InChI=1S/C23H36F3NOSi/c1-19-17-27(18-20(2)28-19)15-9-7-5-3-4-6-8-10-16-29-22-13-11-21(12-14-22)23(24,25)26/h8,10-14,19-20H,3-7,9,15-18,29H2,1-2H3. The fourth-order valence-corrected chi connectivity index (χ4v) is 5.25. The predicted molar refractivity (Wildman–Crippen MR) is 118 cm³/mol. The molecule has 1 aromatic rings. The molecule has 6 heteroatoms. The van der Waals surface area contributed by atoms with Crippen LogP contribution in [0.2, 0.25) is 6.04 Å². The minimum Gasteiger partial charge on any atom is -0.373 e. The van der Waals surface area contributed by atoms with Crippen LogP contribution in [0, 0.1) is 0 Å². The molecule has 1 aliphatic rings. The zero-order chi connectivity index (χ0) is 21.1. The third-order valence-corrected chi connectivity index (χ3v) is 7.06. The summed E-state index contributed by atoms with van der Waals surface area (Å²) in [6, 6.07) is 6.70. The van der Waals surface area contributed by atoms with Crippen molar-refractivity contribution in [2.75, 3.05) is 19.6 Å². The first-order chi connectivity index (χ1) is 13.8. The number of hydrogen-bond acceptors (Lipinski definition) is 2. The van der Waals surface area contributed by atoms with Crippen LogP contribution in [0.4, 0.5) is 13.2 Å². The van der Waals surface area contributed by atoms with Crippen LogP contribution in [-0.2, 0) is 10.9 Å². The second-order valence-electron chi connectivity index (χ2n) is 8.28. The molecule has 0 N–H and O–H groups in total. The molecule has 2 unspecified atom stereocenters. The second-order valence-corrected chi connectivity index (χ2v) is 10.2. The topological polar surface area (TPSA) is 12.5 Å². The van der Waals surface area contributed by atoms with Gasteiger partial charge in [0.15, 0.2) is 0 Å². The molecule has 1 heterocycles. The molecule has 2 rings (SSSR count). The van der Waals surface area contributed by atoms with Gasteiger partial charge in [-0.05, 0) is 45.7 Å². The van der Waals surface area contributed by atoms with E-state index in [9.17, 15) is 13.2 Å². The molecule has 2 nitrogen and oxygen atoms in total. The molecular formula is C23H36F3NOSi. The molecule has 2 atom stereocenters. The summed E-state index contributed by atoms with van der Waals surface area (Å²) in [5, 5.41) is 1.09. The molecule has 0 aromatic heterocycles. The Bertz CT molecular complexity index is 593. The molecule has 0 amide bonds. The molecule has 164 valence electrons. The van der Waals surface area contributed by atoms with Crippen LogP contribution in [0.1, 0.15) is 57.9 Å². The lowest BCUT2D eigenvalue weighted by Gasteiger charge is -2.35.